The number of fused-ring (bicyclic) bond motifs is 1. The highest BCUT2D eigenvalue weighted by molar-refractivity contribution is 5.95. The molecular weight excluding hydrogens is 367 g/mol. The summed E-state index contributed by atoms with van der Waals surface area (Å²) in [5.74, 6) is -0.710. The molecule has 148 valence electrons. The number of carbonyl (C=O) groups is 1. The Bertz CT molecular complexity index is 1050. The highest BCUT2D eigenvalue weighted by Crippen LogP contribution is 2.24. The molecule has 1 aliphatic heterocycles. The SMILES string of the molecule is O=C(c1cc(Cc2nncc3ccccc23)ccc1F)N1CC(NC2CCC2)C1. The van der Waals surface area contributed by atoms with Gasteiger partial charge in [-0.3, -0.25) is 4.79 Å². The highest BCUT2D eigenvalue weighted by Gasteiger charge is 2.34. The lowest BCUT2D eigenvalue weighted by molar-refractivity contribution is 0.0528. The Kier molecular flexibility index (Phi) is 4.72. The molecule has 0 bridgehead atoms. The van der Waals surface area contributed by atoms with Crippen LogP contribution in [0.1, 0.15) is 40.9 Å². The standard InChI is InChI=1S/C23H23FN4O/c24-21-9-8-15(11-22-19-7-2-1-4-16(19)12-25-27-22)10-20(21)23(29)28-13-18(14-28)26-17-5-3-6-17/h1-2,4,7-10,12,17-18,26H,3,5-6,11,13-14H2. The maximum atomic E-state index is 14.4. The maximum Gasteiger partial charge on any atom is 0.256 e. The van der Waals surface area contributed by atoms with Crippen molar-refractivity contribution in [2.75, 3.05) is 13.1 Å². The lowest BCUT2D eigenvalue weighted by Crippen LogP contribution is -2.62. The van der Waals surface area contributed by atoms with Crippen LogP contribution in [0.15, 0.2) is 48.7 Å². The molecule has 2 fully saturated rings. The van der Waals surface area contributed by atoms with E-state index in [0.29, 0.717) is 31.6 Å². The molecule has 0 atom stereocenters. The lowest BCUT2D eigenvalue weighted by Gasteiger charge is -2.43. The molecule has 1 aromatic heterocycles. The van der Waals surface area contributed by atoms with Crippen molar-refractivity contribution in [3.05, 3.63) is 71.3 Å². The van der Waals surface area contributed by atoms with Crippen molar-refractivity contribution >= 4 is 16.7 Å². The van der Waals surface area contributed by atoms with Crippen LogP contribution in [0.25, 0.3) is 10.8 Å². The number of nitrogens with zero attached hydrogens (tertiary/aromatic N) is 3. The first kappa shape index (κ1) is 18.2. The maximum absolute atomic E-state index is 14.4. The predicted molar refractivity (Wildman–Crippen MR) is 109 cm³/mol. The molecule has 6 heteroatoms. The van der Waals surface area contributed by atoms with Crippen LogP contribution in [0.2, 0.25) is 0 Å². The minimum absolute atomic E-state index is 0.137. The van der Waals surface area contributed by atoms with Gasteiger partial charge in [-0.25, -0.2) is 4.39 Å². The fourth-order valence-corrected chi connectivity index (χ4v) is 4.09. The molecule has 5 nitrogen and oxygen atoms in total. The van der Waals surface area contributed by atoms with Gasteiger partial charge in [-0.2, -0.15) is 10.2 Å². The summed E-state index contributed by atoms with van der Waals surface area (Å²) in [6.45, 7) is 1.29. The lowest BCUT2D eigenvalue weighted by atomic mass is 9.91. The Balaban J connectivity index is 1.31. The third-order valence-electron chi connectivity index (χ3n) is 6.03. The average Bonchev–Trinajstić information content (AvgIpc) is 2.67. The van der Waals surface area contributed by atoms with Crippen molar-refractivity contribution in [3.8, 4) is 0 Å². The van der Waals surface area contributed by atoms with E-state index < -0.39 is 5.82 Å². The van der Waals surface area contributed by atoms with Crippen LogP contribution in [0.4, 0.5) is 4.39 Å². The first-order valence-corrected chi connectivity index (χ1v) is 10.2. The second-order valence-corrected chi connectivity index (χ2v) is 8.07. The van der Waals surface area contributed by atoms with Crippen LogP contribution in [0.5, 0.6) is 0 Å². The topological polar surface area (TPSA) is 58.1 Å². The Hall–Kier alpha value is -2.86. The first-order valence-electron chi connectivity index (χ1n) is 10.2. The molecule has 1 saturated heterocycles. The fourth-order valence-electron chi connectivity index (χ4n) is 4.09. The van der Waals surface area contributed by atoms with Gasteiger partial charge in [0.05, 0.1) is 17.5 Å². The summed E-state index contributed by atoms with van der Waals surface area (Å²) in [7, 11) is 0. The van der Waals surface area contributed by atoms with Crippen molar-refractivity contribution in [2.24, 2.45) is 0 Å². The van der Waals surface area contributed by atoms with Crippen LogP contribution in [-0.4, -0.2) is 46.2 Å². The molecular formula is C23H23FN4O. The zero-order chi connectivity index (χ0) is 19.8. The van der Waals surface area contributed by atoms with Gasteiger partial charge in [-0.05, 0) is 30.5 Å². The molecule has 1 aliphatic carbocycles. The normalized spacial score (nSPS) is 17.2. The summed E-state index contributed by atoms with van der Waals surface area (Å²) < 4.78 is 14.4. The van der Waals surface area contributed by atoms with E-state index in [0.717, 1.165) is 22.0 Å². The van der Waals surface area contributed by atoms with Crippen LogP contribution in [0.3, 0.4) is 0 Å². The molecule has 1 saturated carbocycles. The Morgan fingerprint density at radius 3 is 2.76 bits per heavy atom. The molecule has 0 radical (unpaired) electrons. The van der Waals surface area contributed by atoms with Crippen LogP contribution in [0, 0.1) is 5.82 Å². The molecule has 2 aromatic carbocycles. The Morgan fingerprint density at radius 2 is 1.97 bits per heavy atom. The number of nitrogens with one attached hydrogen (secondary N) is 1. The van der Waals surface area contributed by atoms with E-state index in [1.807, 2.05) is 24.3 Å². The zero-order valence-corrected chi connectivity index (χ0v) is 16.1. The molecule has 5 rings (SSSR count). The minimum atomic E-state index is -0.474. The zero-order valence-electron chi connectivity index (χ0n) is 16.1. The van der Waals surface area contributed by atoms with Gasteiger partial charge in [0.25, 0.3) is 5.91 Å². The molecule has 0 unspecified atom stereocenters. The van der Waals surface area contributed by atoms with Gasteiger partial charge >= 0.3 is 0 Å². The Labute approximate surface area is 168 Å². The number of hydrogen-bond donors (Lipinski definition) is 1. The van der Waals surface area contributed by atoms with Gasteiger partial charge < -0.3 is 10.2 Å². The van der Waals surface area contributed by atoms with Crippen molar-refractivity contribution in [1.29, 1.82) is 0 Å². The number of amides is 1. The van der Waals surface area contributed by atoms with Gasteiger partial charge in [-0.15, -0.1) is 0 Å². The van der Waals surface area contributed by atoms with Crippen LogP contribution < -0.4 is 5.32 Å². The van der Waals surface area contributed by atoms with E-state index >= 15 is 0 Å². The summed E-state index contributed by atoms with van der Waals surface area (Å²) in [5.41, 5.74) is 1.81. The van der Waals surface area contributed by atoms with E-state index in [9.17, 15) is 9.18 Å². The van der Waals surface area contributed by atoms with Crippen LogP contribution in [-0.2, 0) is 6.42 Å². The van der Waals surface area contributed by atoms with E-state index in [1.54, 1.807) is 23.2 Å². The molecule has 2 heterocycles. The smallest absolute Gasteiger partial charge is 0.256 e. The van der Waals surface area contributed by atoms with E-state index in [4.69, 9.17) is 0 Å². The van der Waals surface area contributed by atoms with Crippen molar-refractivity contribution in [3.63, 3.8) is 0 Å². The number of likely N-dealkylation sites (tertiary alicyclic amines) is 1. The second kappa shape index (κ2) is 7.52. The fraction of sp³-hybridized carbons (Fsp3) is 0.348. The number of rotatable bonds is 5. The van der Waals surface area contributed by atoms with E-state index in [2.05, 4.69) is 15.5 Å². The summed E-state index contributed by atoms with van der Waals surface area (Å²) in [4.78, 5) is 14.5. The summed E-state index contributed by atoms with van der Waals surface area (Å²) in [6.07, 6.45) is 5.96. The van der Waals surface area contributed by atoms with Gasteiger partial charge in [0, 0.05) is 42.4 Å². The summed E-state index contributed by atoms with van der Waals surface area (Å²) in [6, 6.07) is 13.6. The minimum Gasteiger partial charge on any atom is -0.335 e. The summed E-state index contributed by atoms with van der Waals surface area (Å²) in [5, 5.41) is 13.9. The molecule has 3 aromatic rings. The Morgan fingerprint density at radius 1 is 1.14 bits per heavy atom. The number of hydrogen-bond acceptors (Lipinski definition) is 4. The van der Waals surface area contributed by atoms with Gasteiger partial charge in [0.15, 0.2) is 0 Å². The third-order valence-corrected chi connectivity index (χ3v) is 6.03. The van der Waals surface area contributed by atoms with Gasteiger partial charge in [-0.1, -0.05) is 36.8 Å². The van der Waals surface area contributed by atoms with Gasteiger partial charge in [0.1, 0.15) is 5.82 Å². The number of aromatic nitrogens is 2. The van der Waals surface area contributed by atoms with Crippen LogP contribution >= 0.6 is 0 Å². The van der Waals surface area contributed by atoms with Crippen molar-refractivity contribution < 1.29 is 9.18 Å². The largest absolute Gasteiger partial charge is 0.335 e. The monoisotopic (exact) mass is 390 g/mol. The quantitative estimate of drug-likeness (QED) is 0.726. The number of carbonyl (C=O) groups excluding carboxylic acids is 1. The number of halogens is 1. The van der Waals surface area contributed by atoms with E-state index in [1.165, 1.54) is 25.3 Å². The van der Waals surface area contributed by atoms with Crippen molar-refractivity contribution in [2.45, 2.75) is 37.8 Å². The molecule has 0 spiro atoms. The first-order chi connectivity index (χ1) is 14.2. The number of benzene rings is 2. The second-order valence-electron chi connectivity index (χ2n) is 8.07. The highest BCUT2D eigenvalue weighted by atomic mass is 19.1. The van der Waals surface area contributed by atoms with E-state index in [-0.39, 0.29) is 11.5 Å². The molecule has 29 heavy (non-hydrogen) atoms. The van der Waals surface area contributed by atoms with Crippen molar-refractivity contribution in [1.82, 2.24) is 20.4 Å². The average molecular weight is 390 g/mol. The predicted octanol–water partition coefficient (Wildman–Crippen LogP) is 3.33. The summed E-state index contributed by atoms with van der Waals surface area (Å²) >= 11 is 0. The molecule has 1 N–H and O–H groups in total. The molecule has 2 aliphatic rings. The van der Waals surface area contributed by atoms with Gasteiger partial charge in [0.2, 0.25) is 0 Å². The third kappa shape index (κ3) is 3.60. The molecule has 1 amide bonds.